The first-order valence-corrected chi connectivity index (χ1v) is 6.87. The van der Waals surface area contributed by atoms with Crippen LogP contribution >= 0.6 is 0 Å². The summed E-state index contributed by atoms with van der Waals surface area (Å²) in [5.74, 6) is -0.00824. The van der Waals surface area contributed by atoms with Crippen molar-refractivity contribution in [3.05, 3.63) is 0 Å². The van der Waals surface area contributed by atoms with Crippen LogP contribution in [0.4, 0.5) is 0 Å². The van der Waals surface area contributed by atoms with Gasteiger partial charge in [-0.15, -0.1) is 0 Å². The Kier molecular flexibility index (Phi) is 4.05. The van der Waals surface area contributed by atoms with Gasteiger partial charge in [-0.2, -0.15) is 0 Å². The fraction of sp³-hybridized carbons (Fsp3) is 0.923. The summed E-state index contributed by atoms with van der Waals surface area (Å²) in [6, 6.07) is 1.17. The number of hydrogen-bond donors (Lipinski definition) is 2. The maximum atomic E-state index is 11.7. The predicted octanol–water partition coefficient (Wildman–Crippen LogP) is 0.855. The summed E-state index contributed by atoms with van der Waals surface area (Å²) < 4.78 is 0. The van der Waals surface area contributed by atoms with Crippen LogP contribution in [0.3, 0.4) is 0 Å². The van der Waals surface area contributed by atoms with Gasteiger partial charge in [0, 0.05) is 18.1 Å². The Bertz CT molecular complexity index is 276. The van der Waals surface area contributed by atoms with Gasteiger partial charge in [-0.25, -0.2) is 0 Å². The Morgan fingerprint density at radius 1 is 1.29 bits per heavy atom. The van der Waals surface area contributed by atoms with Crippen LogP contribution in [0.1, 0.15) is 45.4 Å². The number of nitrogens with two attached hydrogens (primary N) is 1. The zero-order valence-electron chi connectivity index (χ0n) is 11.0. The highest BCUT2D eigenvalue weighted by Crippen LogP contribution is 2.32. The number of rotatable bonds is 4. The summed E-state index contributed by atoms with van der Waals surface area (Å²) in [6.45, 7) is 1.75. The van der Waals surface area contributed by atoms with Gasteiger partial charge in [0.1, 0.15) is 0 Å². The first kappa shape index (κ1) is 12.8. The minimum Gasteiger partial charge on any atom is -0.350 e. The highest BCUT2D eigenvalue weighted by atomic mass is 16.2. The molecule has 17 heavy (non-hydrogen) atoms. The molecule has 4 nitrogen and oxygen atoms in total. The Hall–Kier alpha value is -0.610. The van der Waals surface area contributed by atoms with Crippen LogP contribution in [0, 0.1) is 0 Å². The standard InChI is InChI=1S/C13H25N3O/c1-9(14)13(17)15-11-5-3-4-6-12(11)16(2)10-7-8-10/h9-12H,3-8,14H2,1-2H3,(H,15,17). The SMILES string of the molecule is CC(N)C(=O)NC1CCCCC1N(C)C1CC1. The maximum absolute atomic E-state index is 11.7. The van der Waals surface area contributed by atoms with E-state index in [4.69, 9.17) is 5.73 Å². The zero-order valence-corrected chi connectivity index (χ0v) is 11.0. The van der Waals surface area contributed by atoms with Crippen molar-refractivity contribution in [2.45, 2.75) is 69.6 Å². The number of carbonyl (C=O) groups excluding carboxylic acids is 1. The van der Waals surface area contributed by atoms with Crippen LogP contribution in [0.2, 0.25) is 0 Å². The maximum Gasteiger partial charge on any atom is 0.236 e. The van der Waals surface area contributed by atoms with Gasteiger partial charge < -0.3 is 11.1 Å². The molecule has 2 fully saturated rings. The lowest BCUT2D eigenvalue weighted by Gasteiger charge is -2.38. The van der Waals surface area contributed by atoms with Crippen molar-refractivity contribution < 1.29 is 4.79 Å². The van der Waals surface area contributed by atoms with E-state index in [1.165, 1.54) is 32.1 Å². The van der Waals surface area contributed by atoms with E-state index < -0.39 is 6.04 Å². The second-order valence-electron chi connectivity index (χ2n) is 5.65. The summed E-state index contributed by atoms with van der Waals surface area (Å²) in [5.41, 5.74) is 5.62. The molecule has 0 spiro atoms. The largest absolute Gasteiger partial charge is 0.350 e. The second kappa shape index (κ2) is 5.36. The van der Waals surface area contributed by atoms with E-state index in [0.29, 0.717) is 12.1 Å². The minimum absolute atomic E-state index is 0.00824. The van der Waals surface area contributed by atoms with Gasteiger partial charge in [0.05, 0.1) is 6.04 Å². The van der Waals surface area contributed by atoms with Crippen molar-refractivity contribution in [2.24, 2.45) is 5.73 Å². The summed E-state index contributed by atoms with van der Waals surface area (Å²) in [7, 11) is 2.21. The number of nitrogens with zero attached hydrogens (tertiary/aromatic N) is 1. The Balaban J connectivity index is 1.93. The van der Waals surface area contributed by atoms with Crippen molar-refractivity contribution in [3.63, 3.8) is 0 Å². The molecule has 3 atom stereocenters. The number of nitrogens with one attached hydrogen (secondary N) is 1. The third-order valence-electron chi connectivity index (χ3n) is 4.12. The molecule has 0 radical (unpaired) electrons. The molecule has 0 aromatic carbocycles. The quantitative estimate of drug-likeness (QED) is 0.765. The van der Waals surface area contributed by atoms with Crippen molar-refractivity contribution in [1.82, 2.24) is 10.2 Å². The molecule has 0 aromatic heterocycles. The van der Waals surface area contributed by atoms with Crippen molar-refractivity contribution >= 4 is 5.91 Å². The van der Waals surface area contributed by atoms with E-state index in [9.17, 15) is 4.79 Å². The molecule has 0 aliphatic heterocycles. The molecule has 0 bridgehead atoms. The molecule has 0 aromatic rings. The van der Waals surface area contributed by atoms with Gasteiger partial charge in [-0.1, -0.05) is 12.8 Å². The lowest BCUT2D eigenvalue weighted by atomic mass is 9.89. The van der Waals surface area contributed by atoms with Crippen molar-refractivity contribution in [1.29, 1.82) is 0 Å². The Morgan fingerprint density at radius 2 is 1.94 bits per heavy atom. The van der Waals surface area contributed by atoms with E-state index in [1.807, 2.05) is 0 Å². The smallest absolute Gasteiger partial charge is 0.236 e. The van der Waals surface area contributed by atoms with Crippen LogP contribution in [0.25, 0.3) is 0 Å². The number of likely N-dealkylation sites (N-methyl/N-ethyl adjacent to an activating group) is 1. The van der Waals surface area contributed by atoms with E-state index >= 15 is 0 Å². The molecule has 2 saturated carbocycles. The molecule has 2 aliphatic rings. The highest BCUT2D eigenvalue weighted by molar-refractivity contribution is 5.81. The lowest BCUT2D eigenvalue weighted by Crippen LogP contribution is -2.55. The predicted molar refractivity (Wildman–Crippen MR) is 68.6 cm³/mol. The van der Waals surface area contributed by atoms with Crippen LogP contribution in [0.5, 0.6) is 0 Å². The molecule has 2 aliphatic carbocycles. The summed E-state index contributed by atoms with van der Waals surface area (Å²) in [5, 5.41) is 3.13. The molecule has 4 heteroatoms. The average Bonchev–Trinajstić information content (AvgIpc) is 3.12. The molecule has 0 heterocycles. The number of amides is 1. The summed E-state index contributed by atoms with van der Waals surface area (Å²) in [6.07, 6.45) is 7.45. The van der Waals surface area contributed by atoms with Gasteiger partial charge in [0.2, 0.25) is 5.91 Å². The minimum atomic E-state index is -0.399. The van der Waals surface area contributed by atoms with Crippen molar-refractivity contribution in [3.8, 4) is 0 Å². The topological polar surface area (TPSA) is 58.4 Å². The molecule has 3 unspecified atom stereocenters. The molecular formula is C13H25N3O. The van der Waals surface area contributed by atoms with Gasteiger partial charge in [0.15, 0.2) is 0 Å². The molecular weight excluding hydrogens is 214 g/mol. The van der Waals surface area contributed by atoms with E-state index in [-0.39, 0.29) is 5.91 Å². The van der Waals surface area contributed by atoms with Gasteiger partial charge in [0.25, 0.3) is 0 Å². The van der Waals surface area contributed by atoms with Crippen molar-refractivity contribution in [2.75, 3.05) is 7.05 Å². The first-order valence-electron chi connectivity index (χ1n) is 6.87. The molecule has 0 saturated heterocycles. The fourth-order valence-corrected chi connectivity index (χ4v) is 2.83. The summed E-state index contributed by atoms with van der Waals surface area (Å²) in [4.78, 5) is 14.2. The van der Waals surface area contributed by atoms with E-state index in [2.05, 4.69) is 17.3 Å². The van der Waals surface area contributed by atoms with Gasteiger partial charge in [-0.3, -0.25) is 9.69 Å². The van der Waals surface area contributed by atoms with Crippen LogP contribution < -0.4 is 11.1 Å². The van der Waals surface area contributed by atoms with Gasteiger partial charge in [-0.05, 0) is 39.7 Å². The normalized spacial score (nSPS) is 31.3. The molecule has 2 rings (SSSR count). The number of hydrogen-bond acceptors (Lipinski definition) is 3. The molecule has 3 N–H and O–H groups in total. The van der Waals surface area contributed by atoms with Crippen LogP contribution in [-0.2, 0) is 4.79 Å². The summed E-state index contributed by atoms with van der Waals surface area (Å²) >= 11 is 0. The second-order valence-corrected chi connectivity index (χ2v) is 5.65. The molecule has 98 valence electrons. The third kappa shape index (κ3) is 3.19. The van der Waals surface area contributed by atoms with Gasteiger partial charge >= 0.3 is 0 Å². The Morgan fingerprint density at radius 3 is 2.53 bits per heavy atom. The lowest BCUT2D eigenvalue weighted by molar-refractivity contribution is -0.123. The zero-order chi connectivity index (χ0) is 12.4. The van der Waals surface area contributed by atoms with Crippen LogP contribution in [0.15, 0.2) is 0 Å². The number of carbonyl (C=O) groups is 1. The first-order chi connectivity index (χ1) is 8.09. The fourth-order valence-electron chi connectivity index (χ4n) is 2.83. The van der Waals surface area contributed by atoms with E-state index in [1.54, 1.807) is 6.92 Å². The molecule has 1 amide bonds. The highest BCUT2D eigenvalue weighted by Gasteiger charge is 2.36. The Labute approximate surface area is 104 Å². The van der Waals surface area contributed by atoms with Crippen LogP contribution in [-0.4, -0.2) is 42.0 Å². The van der Waals surface area contributed by atoms with E-state index in [0.717, 1.165) is 12.5 Å². The average molecular weight is 239 g/mol. The monoisotopic (exact) mass is 239 g/mol. The third-order valence-corrected chi connectivity index (χ3v) is 4.12.